The lowest BCUT2D eigenvalue weighted by atomic mass is 9.97. The maximum atomic E-state index is 8.12. The fourth-order valence-electron chi connectivity index (χ4n) is 1.13. The Kier molecular flexibility index (Phi) is 2.35. The van der Waals surface area contributed by atoms with Crippen molar-refractivity contribution in [2.45, 2.75) is 32.2 Å². The topological polar surface area (TPSA) is 48.8 Å². The summed E-state index contributed by atoms with van der Waals surface area (Å²) in [6, 6.07) is 0.216. The van der Waals surface area contributed by atoms with E-state index in [9.17, 15) is 0 Å². The van der Waals surface area contributed by atoms with Gasteiger partial charge < -0.3 is 0 Å². The highest BCUT2D eigenvalue weighted by Crippen LogP contribution is 2.19. The second-order valence-electron chi connectivity index (χ2n) is 2.68. The Bertz CT molecular complexity index is 189. The van der Waals surface area contributed by atoms with Gasteiger partial charge in [0.1, 0.15) is 0 Å². The van der Waals surface area contributed by atoms with E-state index < -0.39 is 0 Å². The van der Waals surface area contributed by atoms with Gasteiger partial charge in [-0.25, -0.2) is 0 Å². The third-order valence-corrected chi connectivity index (χ3v) is 1.83. The van der Waals surface area contributed by atoms with E-state index in [1.807, 2.05) is 0 Å². The van der Waals surface area contributed by atoms with Crippen LogP contribution in [0.4, 0.5) is 0 Å². The van der Waals surface area contributed by atoms with Crippen molar-refractivity contribution >= 4 is 0 Å². The molecular weight excluding hydrogens is 126 g/mol. The van der Waals surface area contributed by atoms with Gasteiger partial charge in [-0.05, 0) is 31.7 Å². The summed E-state index contributed by atoms with van der Waals surface area (Å²) in [5.41, 5.74) is 9.54. The van der Waals surface area contributed by atoms with Crippen LogP contribution >= 0.6 is 0 Å². The van der Waals surface area contributed by atoms with Gasteiger partial charge in [0.15, 0.2) is 0 Å². The van der Waals surface area contributed by atoms with Crippen molar-refractivity contribution in [3.05, 3.63) is 22.1 Å². The molecule has 54 valence electrons. The zero-order valence-corrected chi connectivity index (χ0v) is 6.12. The molecule has 10 heavy (non-hydrogen) atoms. The van der Waals surface area contributed by atoms with Gasteiger partial charge in [-0.3, -0.25) is 0 Å². The van der Waals surface area contributed by atoms with E-state index in [4.69, 9.17) is 5.53 Å². The maximum absolute atomic E-state index is 8.12. The highest BCUT2D eigenvalue weighted by Gasteiger charge is 2.09. The SMILES string of the molecule is CC1=CCC(N=[N+]=[N-])CC1. The van der Waals surface area contributed by atoms with Crippen LogP contribution in [0, 0.1) is 0 Å². The van der Waals surface area contributed by atoms with Crippen molar-refractivity contribution in [3.63, 3.8) is 0 Å². The lowest BCUT2D eigenvalue weighted by molar-refractivity contribution is 0.587. The molecule has 0 aromatic heterocycles. The molecule has 0 spiro atoms. The third kappa shape index (κ3) is 1.78. The number of hydrogen-bond acceptors (Lipinski definition) is 1. The summed E-state index contributed by atoms with van der Waals surface area (Å²) in [7, 11) is 0. The zero-order chi connectivity index (χ0) is 7.40. The molecule has 0 saturated heterocycles. The molecule has 0 aliphatic heterocycles. The van der Waals surface area contributed by atoms with Crippen molar-refractivity contribution in [1.29, 1.82) is 0 Å². The molecule has 0 aromatic carbocycles. The average Bonchev–Trinajstić information content (AvgIpc) is 1.95. The highest BCUT2D eigenvalue weighted by atomic mass is 15.1. The third-order valence-electron chi connectivity index (χ3n) is 1.83. The minimum atomic E-state index is 0.216. The molecule has 1 atom stereocenters. The highest BCUT2D eigenvalue weighted by molar-refractivity contribution is 5.04. The second kappa shape index (κ2) is 3.28. The molecule has 1 unspecified atom stereocenters. The molecule has 3 nitrogen and oxygen atoms in total. The van der Waals surface area contributed by atoms with Crippen molar-refractivity contribution in [2.24, 2.45) is 5.11 Å². The first-order valence-electron chi connectivity index (χ1n) is 3.53. The van der Waals surface area contributed by atoms with Crippen molar-refractivity contribution in [3.8, 4) is 0 Å². The van der Waals surface area contributed by atoms with Gasteiger partial charge in [-0.1, -0.05) is 16.8 Å². The zero-order valence-electron chi connectivity index (χ0n) is 6.12. The van der Waals surface area contributed by atoms with E-state index in [2.05, 4.69) is 23.0 Å². The van der Waals surface area contributed by atoms with E-state index in [1.54, 1.807) is 0 Å². The van der Waals surface area contributed by atoms with E-state index in [0.717, 1.165) is 19.3 Å². The smallest absolute Gasteiger partial charge is 0.0411 e. The molecule has 1 aliphatic rings. The van der Waals surface area contributed by atoms with Gasteiger partial charge in [0.05, 0.1) is 0 Å². The Labute approximate surface area is 60.4 Å². The van der Waals surface area contributed by atoms with Gasteiger partial charge in [-0.2, -0.15) is 0 Å². The summed E-state index contributed by atoms with van der Waals surface area (Å²) in [5, 5.41) is 3.65. The Hall–Kier alpha value is -0.950. The molecule has 1 rings (SSSR count). The lowest BCUT2D eigenvalue weighted by Crippen LogP contribution is -2.06. The van der Waals surface area contributed by atoms with Crippen molar-refractivity contribution in [1.82, 2.24) is 0 Å². The molecule has 0 amide bonds. The van der Waals surface area contributed by atoms with Crippen LogP contribution in [-0.2, 0) is 0 Å². The monoisotopic (exact) mass is 137 g/mol. The summed E-state index contributed by atoms with van der Waals surface area (Å²) in [4.78, 5) is 2.78. The molecule has 1 aliphatic carbocycles. The summed E-state index contributed by atoms with van der Waals surface area (Å²) < 4.78 is 0. The van der Waals surface area contributed by atoms with Gasteiger partial charge >= 0.3 is 0 Å². The summed E-state index contributed by atoms with van der Waals surface area (Å²) in [6.07, 6.45) is 5.19. The standard InChI is InChI=1S/C7H11N3/c1-6-2-4-7(5-3-6)9-10-8/h2,7H,3-5H2,1H3. The first kappa shape index (κ1) is 7.16. The molecule has 0 aromatic rings. The summed E-state index contributed by atoms with van der Waals surface area (Å²) >= 11 is 0. The second-order valence-corrected chi connectivity index (χ2v) is 2.68. The molecule has 0 bridgehead atoms. The number of azide groups is 1. The predicted molar refractivity (Wildman–Crippen MR) is 40.5 cm³/mol. The molecule has 0 heterocycles. The van der Waals surface area contributed by atoms with Crippen LogP contribution in [0.3, 0.4) is 0 Å². The van der Waals surface area contributed by atoms with Gasteiger partial charge in [0.2, 0.25) is 0 Å². The van der Waals surface area contributed by atoms with Crippen LogP contribution in [0.25, 0.3) is 10.4 Å². The van der Waals surface area contributed by atoms with Crippen LogP contribution in [0.1, 0.15) is 26.2 Å². The largest absolute Gasteiger partial charge is 0.0903 e. The first-order chi connectivity index (χ1) is 4.83. The van der Waals surface area contributed by atoms with Crippen LogP contribution in [0.5, 0.6) is 0 Å². The van der Waals surface area contributed by atoms with Gasteiger partial charge in [-0.15, -0.1) is 0 Å². The fraction of sp³-hybridized carbons (Fsp3) is 0.714. The normalized spacial score (nSPS) is 24.9. The van der Waals surface area contributed by atoms with Crippen LogP contribution in [-0.4, -0.2) is 6.04 Å². The van der Waals surface area contributed by atoms with Gasteiger partial charge in [0.25, 0.3) is 0 Å². The Morgan fingerprint density at radius 1 is 1.80 bits per heavy atom. The van der Waals surface area contributed by atoms with E-state index >= 15 is 0 Å². The number of allylic oxidation sites excluding steroid dienone is 1. The minimum absolute atomic E-state index is 0.216. The quantitative estimate of drug-likeness (QED) is 0.231. The van der Waals surface area contributed by atoms with E-state index in [-0.39, 0.29) is 6.04 Å². The summed E-state index contributed by atoms with van der Waals surface area (Å²) in [5.74, 6) is 0. The van der Waals surface area contributed by atoms with Crippen LogP contribution in [0.15, 0.2) is 16.8 Å². The first-order valence-corrected chi connectivity index (χ1v) is 3.53. The average molecular weight is 137 g/mol. The molecule has 3 heteroatoms. The molecule has 0 N–H and O–H groups in total. The minimum Gasteiger partial charge on any atom is -0.0903 e. The molecule has 0 radical (unpaired) electrons. The fourth-order valence-corrected chi connectivity index (χ4v) is 1.13. The Morgan fingerprint density at radius 2 is 2.60 bits per heavy atom. The number of hydrogen-bond donors (Lipinski definition) is 0. The van der Waals surface area contributed by atoms with E-state index in [0.29, 0.717) is 0 Å². The van der Waals surface area contributed by atoms with Crippen LogP contribution < -0.4 is 0 Å². The molecule has 0 saturated carbocycles. The Balaban J connectivity index is 2.49. The van der Waals surface area contributed by atoms with Crippen LogP contribution in [0.2, 0.25) is 0 Å². The van der Waals surface area contributed by atoms with E-state index in [1.165, 1.54) is 5.57 Å². The summed E-state index contributed by atoms with van der Waals surface area (Å²) in [6.45, 7) is 2.12. The number of nitrogens with zero attached hydrogens (tertiary/aromatic N) is 3. The maximum Gasteiger partial charge on any atom is 0.0411 e. The lowest BCUT2D eigenvalue weighted by Gasteiger charge is -2.14. The predicted octanol–water partition coefficient (Wildman–Crippen LogP) is 2.80. The molecule has 0 fully saturated rings. The Morgan fingerprint density at radius 3 is 3.10 bits per heavy atom. The van der Waals surface area contributed by atoms with Gasteiger partial charge in [0, 0.05) is 11.0 Å². The van der Waals surface area contributed by atoms with Crippen molar-refractivity contribution in [2.75, 3.05) is 0 Å². The number of rotatable bonds is 1. The molecular formula is C7H11N3. The van der Waals surface area contributed by atoms with Crippen molar-refractivity contribution < 1.29 is 0 Å².